The van der Waals surface area contributed by atoms with Gasteiger partial charge in [-0.2, -0.15) is 0 Å². The summed E-state index contributed by atoms with van der Waals surface area (Å²) in [6, 6.07) is 11.4. The van der Waals surface area contributed by atoms with E-state index < -0.39 is 0 Å². The van der Waals surface area contributed by atoms with Crippen molar-refractivity contribution in [1.82, 2.24) is 14.7 Å². The van der Waals surface area contributed by atoms with Crippen LogP contribution in [0.1, 0.15) is 68.4 Å². The van der Waals surface area contributed by atoms with E-state index in [9.17, 15) is 9.59 Å². The molecule has 2 aromatic carbocycles. The molecule has 2 aliphatic rings. The fourth-order valence-corrected chi connectivity index (χ4v) is 6.59. The third-order valence-electron chi connectivity index (χ3n) is 8.02. The first-order valence-electron chi connectivity index (χ1n) is 13.5. The molecule has 9 nitrogen and oxygen atoms in total. The molecular weight excluding hydrogens is 532 g/mol. The molecule has 208 valence electrons. The maximum atomic E-state index is 13.3. The molecule has 0 unspecified atom stereocenters. The van der Waals surface area contributed by atoms with Gasteiger partial charge in [0.2, 0.25) is 5.91 Å². The van der Waals surface area contributed by atoms with Crippen molar-refractivity contribution < 1.29 is 23.6 Å². The second-order valence-corrected chi connectivity index (χ2v) is 11.0. The number of aromatic nitrogens is 3. The minimum absolute atomic E-state index is 0.0189. The number of hydrogen-bond acceptors (Lipinski definition) is 7. The van der Waals surface area contributed by atoms with Crippen molar-refractivity contribution in [3.63, 3.8) is 0 Å². The molecule has 1 amide bonds. The van der Waals surface area contributed by atoms with Gasteiger partial charge in [-0.1, -0.05) is 22.8 Å². The monoisotopic (exact) mass is 562 g/mol. The first-order chi connectivity index (χ1) is 19.2. The number of benzene rings is 2. The number of carbonyl (C=O) groups excluding carboxylic acids is 2. The first-order valence-corrected chi connectivity index (χ1v) is 13.9. The summed E-state index contributed by atoms with van der Waals surface area (Å²) in [5.41, 5.74) is 5.27. The van der Waals surface area contributed by atoms with Gasteiger partial charge in [-0.15, -0.1) is 0 Å². The van der Waals surface area contributed by atoms with E-state index in [2.05, 4.69) is 27.9 Å². The molecule has 1 aliphatic heterocycles. The average Bonchev–Trinajstić information content (AvgIpc) is 3.68. The Morgan fingerprint density at radius 1 is 1.12 bits per heavy atom. The SMILES string of the molecule is COc1ccc(N2C(=O)CC[C@H]2c2nc3cc(-c4c(C)noc4C)ccc3n2[C@@H]2CC[C@@H](OC(C)=O)C2)cc1Cl. The molecule has 1 aliphatic carbocycles. The normalized spacial score (nSPS) is 21.0. The van der Waals surface area contributed by atoms with Gasteiger partial charge in [0.15, 0.2) is 0 Å². The number of anilines is 1. The molecular formula is C30H31ClN4O5. The van der Waals surface area contributed by atoms with Crippen LogP contribution in [0.4, 0.5) is 5.69 Å². The van der Waals surface area contributed by atoms with Crippen LogP contribution in [-0.2, 0) is 14.3 Å². The van der Waals surface area contributed by atoms with Gasteiger partial charge >= 0.3 is 5.97 Å². The molecule has 2 aromatic heterocycles. The fourth-order valence-electron chi connectivity index (χ4n) is 6.34. The number of carbonyl (C=O) groups is 2. The Bertz CT molecular complexity index is 1610. The van der Waals surface area contributed by atoms with Gasteiger partial charge in [0.05, 0.1) is 34.9 Å². The standard InChI is InChI=1S/C30H31ClN4O5/c1-16-29(17(2)40-33-16)19-5-9-25-24(13-19)32-30(35(25)20-6-8-22(14-20)39-18(3)36)26-10-12-28(37)34(26)21-7-11-27(38-4)23(31)15-21/h5,7,9,11,13,15,20,22,26H,6,8,10,12,14H2,1-4H3/t20-,22-,26+/m1/s1. The molecule has 6 rings (SSSR count). The van der Waals surface area contributed by atoms with Crippen molar-refractivity contribution in [1.29, 1.82) is 0 Å². The van der Waals surface area contributed by atoms with Crippen LogP contribution in [0.15, 0.2) is 40.9 Å². The van der Waals surface area contributed by atoms with Crippen LogP contribution in [-0.4, -0.2) is 39.8 Å². The molecule has 1 saturated carbocycles. The van der Waals surface area contributed by atoms with Crippen molar-refractivity contribution in [2.24, 2.45) is 0 Å². The fraction of sp³-hybridized carbons (Fsp3) is 0.400. The number of nitrogens with zero attached hydrogens (tertiary/aromatic N) is 4. The maximum absolute atomic E-state index is 13.3. The lowest BCUT2D eigenvalue weighted by atomic mass is 10.0. The summed E-state index contributed by atoms with van der Waals surface area (Å²) < 4.78 is 18.6. The van der Waals surface area contributed by atoms with Crippen LogP contribution in [0.25, 0.3) is 22.2 Å². The Kier molecular flexibility index (Phi) is 6.78. The molecule has 40 heavy (non-hydrogen) atoms. The quantitative estimate of drug-likeness (QED) is 0.247. The number of aryl methyl sites for hydroxylation is 2. The number of amides is 1. The highest BCUT2D eigenvalue weighted by Crippen LogP contribution is 2.44. The van der Waals surface area contributed by atoms with Crippen LogP contribution in [0.5, 0.6) is 5.75 Å². The molecule has 0 spiro atoms. The number of halogens is 1. The van der Waals surface area contributed by atoms with E-state index in [0.717, 1.165) is 52.3 Å². The largest absolute Gasteiger partial charge is 0.495 e. The van der Waals surface area contributed by atoms with Crippen LogP contribution in [0, 0.1) is 13.8 Å². The summed E-state index contributed by atoms with van der Waals surface area (Å²) in [6.07, 6.45) is 3.21. The lowest BCUT2D eigenvalue weighted by Crippen LogP contribution is -2.29. The maximum Gasteiger partial charge on any atom is 0.302 e. The van der Waals surface area contributed by atoms with Gasteiger partial charge in [-0.3, -0.25) is 9.59 Å². The number of esters is 1. The zero-order valence-electron chi connectivity index (χ0n) is 22.9. The highest BCUT2D eigenvalue weighted by atomic mass is 35.5. The summed E-state index contributed by atoms with van der Waals surface area (Å²) in [5.74, 6) is 1.87. The lowest BCUT2D eigenvalue weighted by molar-refractivity contribution is -0.146. The number of fused-ring (bicyclic) bond motifs is 1. The molecule has 10 heteroatoms. The van der Waals surface area contributed by atoms with E-state index in [1.807, 2.05) is 19.9 Å². The van der Waals surface area contributed by atoms with Crippen molar-refractivity contribution >= 4 is 40.2 Å². The van der Waals surface area contributed by atoms with E-state index in [4.69, 9.17) is 30.6 Å². The molecule has 0 bridgehead atoms. The Hall–Kier alpha value is -3.85. The molecule has 3 atom stereocenters. The van der Waals surface area contributed by atoms with Gasteiger partial charge in [0, 0.05) is 37.1 Å². The van der Waals surface area contributed by atoms with Crippen molar-refractivity contribution in [2.45, 2.75) is 71.1 Å². The molecule has 0 N–H and O–H groups in total. The smallest absolute Gasteiger partial charge is 0.302 e. The van der Waals surface area contributed by atoms with Crippen LogP contribution >= 0.6 is 11.6 Å². The van der Waals surface area contributed by atoms with Crippen molar-refractivity contribution in [3.05, 3.63) is 58.7 Å². The number of ether oxygens (including phenoxy) is 2. The van der Waals surface area contributed by atoms with E-state index in [1.54, 1.807) is 24.1 Å². The topological polar surface area (TPSA) is 99.7 Å². The Morgan fingerprint density at radius 2 is 1.95 bits per heavy atom. The molecule has 4 aromatic rings. The molecule has 3 heterocycles. The molecule has 1 saturated heterocycles. The third kappa shape index (κ3) is 4.52. The van der Waals surface area contributed by atoms with Gasteiger partial charge in [-0.05, 0) is 69.0 Å². The average molecular weight is 563 g/mol. The van der Waals surface area contributed by atoms with E-state index in [-0.39, 0.29) is 30.1 Å². The zero-order chi connectivity index (χ0) is 28.1. The lowest BCUT2D eigenvalue weighted by Gasteiger charge is -2.27. The van der Waals surface area contributed by atoms with Crippen LogP contribution in [0.2, 0.25) is 5.02 Å². The first kappa shape index (κ1) is 26.4. The predicted molar refractivity (Wildman–Crippen MR) is 151 cm³/mol. The van der Waals surface area contributed by atoms with Gasteiger partial charge < -0.3 is 23.5 Å². The second kappa shape index (κ2) is 10.3. The van der Waals surface area contributed by atoms with E-state index in [0.29, 0.717) is 35.7 Å². The highest BCUT2D eigenvalue weighted by molar-refractivity contribution is 6.32. The summed E-state index contributed by atoms with van der Waals surface area (Å²) in [5, 5.41) is 4.56. The van der Waals surface area contributed by atoms with Crippen molar-refractivity contribution in [3.8, 4) is 16.9 Å². The molecule has 2 fully saturated rings. The summed E-state index contributed by atoms with van der Waals surface area (Å²) in [6.45, 7) is 5.28. The predicted octanol–water partition coefficient (Wildman–Crippen LogP) is 6.49. The van der Waals surface area contributed by atoms with E-state index in [1.165, 1.54) is 6.92 Å². The minimum atomic E-state index is -0.278. The van der Waals surface area contributed by atoms with Crippen molar-refractivity contribution in [2.75, 3.05) is 12.0 Å². The second-order valence-electron chi connectivity index (χ2n) is 10.6. The zero-order valence-corrected chi connectivity index (χ0v) is 23.7. The highest BCUT2D eigenvalue weighted by Gasteiger charge is 2.39. The number of imidazole rings is 1. The van der Waals surface area contributed by atoms with Gasteiger partial charge in [-0.25, -0.2) is 4.98 Å². The Balaban J connectivity index is 1.47. The van der Waals surface area contributed by atoms with Crippen LogP contribution in [0.3, 0.4) is 0 Å². The number of rotatable bonds is 6. The van der Waals surface area contributed by atoms with E-state index >= 15 is 0 Å². The third-order valence-corrected chi connectivity index (χ3v) is 8.31. The minimum Gasteiger partial charge on any atom is -0.495 e. The number of hydrogen-bond donors (Lipinski definition) is 0. The Labute approximate surface area is 237 Å². The Morgan fingerprint density at radius 3 is 2.65 bits per heavy atom. The summed E-state index contributed by atoms with van der Waals surface area (Å²) >= 11 is 6.46. The van der Waals surface area contributed by atoms with Gasteiger partial charge in [0.1, 0.15) is 23.4 Å². The van der Waals surface area contributed by atoms with Crippen LogP contribution < -0.4 is 9.64 Å². The van der Waals surface area contributed by atoms with Gasteiger partial charge in [0.25, 0.3) is 0 Å². The summed E-state index contributed by atoms with van der Waals surface area (Å²) in [7, 11) is 1.56. The summed E-state index contributed by atoms with van der Waals surface area (Å²) in [4.78, 5) is 31.9. The number of methoxy groups -OCH3 is 1. The molecule has 0 radical (unpaired) electrons.